The Balaban J connectivity index is 1.68. The van der Waals surface area contributed by atoms with Gasteiger partial charge in [0.05, 0.1) is 4.92 Å². The van der Waals surface area contributed by atoms with Crippen molar-refractivity contribution in [2.45, 2.75) is 25.4 Å². The first-order chi connectivity index (χ1) is 12.1. The SMILES string of the molecule is O=C1NCCCC[C@H]1Oc1ccc(Oc2ncccc2[N+](=O)[O-])cc1. The number of rotatable bonds is 5. The molecular weight excluding hydrogens is 326 g/mol. The monoisotopic (exact) mass is 343 g/mol. The number of nitrogens with one attached hydrogen (secondary N) is 1. The molecule has 3 rings (SSSR count). The number of nitro groups is 1. The van der Waals surface area contributed by atoms with Crippen molar-refractivity contribution in [3.63, 3.8) is 0 Å². The van der Waals surface area contributed by atoms with Crippen LogP contribution in [0, 0.1) is 10.1 Å². The van der Waals surface area contributed by atoms with Gasteiger partial charge in [0.2, 0.25) is 0 Å². The van der Waals surface area contributed by atoms with E-state index in [0.717, 1.165) is 12.8 Å². The van der Waals surface area contributed by atoms with Crippen LogP contribution < -0.4 is 14.8 Å². The van der Waals surface area contributed by atoms with Gasteiger partial charge in [0, 0.05) is 18.8 Å². The lowest BCUT2D eigenvalue weighted by Gasteiger charge is -2.16. The predicted molar refractivity (Wildman–Crippen MR) is 88.7 cm³/mol. The summed E-state index contributed by atoms with van der Waals surface area (Å²) < 4.78 is 11.2. The van der Waals surface area contributed by atoms with Gasteiger partial charge in [-0.1, -0.05) is 0 Å². The minimum absolute atomic E-state index is 0.0793. The van der Waals surface area contributed by atoms with Crippen molar-refractivity contribution < 1.29 is 19.2 Å². The molecule has 2 aromatic rings. The topological polar surface area (TPSA) is 104 Å². The highest BCUT2D eigenvalue weighted by atomic mass is 16.6. The fourth-order valence-electron chi connectivity index (χ4n) is 2.49. The number of benzene rings is 1. The average molecular weight is 343 g/mol. The molecule has 0 bridgehead atoms. The molecule has 0 aliphatic carbocycles. The first kappa shape index (κ1) is 16.7. The maximum Gasteiger partial charge on any atom is 0.331 e. The molecule has 1 aromatic heterocycles. The Labute approximate surface area is 143 Å². The zero-order chi connectivity index (χ0) is 17.6. The normalized spacial score (nSPS) is 17.3. The zero-order valence-electron chi connectivity index (χ0n) is 13.4. The van der Waals surface area contributed by atoms with Crippen molar-refractivity contribution in [1.29, 1.82) is 0 Å². The summed E-state index contributed by atoms with van der Waals surface area (Å²) in [6.45, 7) is 0.675. The van der Waals surface area contributed by atoms with E-state index < -0.39 is 11.0 Å². The van der Waals surface area contributed by atoms with Gasteiger partial charge in [-0.05, 0) is 49.6 Å². The molecule has 1 atom stereocenters. The zero-order valence-corrected chi connectivity index (χ0v) is 13.4. The average Bonchev–Trinajstić information content (AvgIpc) is 2.81. The summed E-state index contributed by atoms with van der Waals surface area (Å²) in [5, 5.41) is 13.8. The van der Waals surface area contributed by atoms with Gasteiger partial charge < -0.3 is 14.8 Å². The number of hydrogen-bond donors (Lipinski definition) is 1. The molecule has 0 spiro atoms. The minimum atomic E-state index is -0.551. The molecule has 1 aliphatic rings. The van der Waals surface area contributed by atoms with Gasteiger partial charge in [-0.15, -0.1) is 0 Å². The van der Waals surface area contributed by atoms with Crippen LogP contribution >= 0.6 is 0 Å². The Morgan fingerprint density at radius 1 is 1.16 bits per heavy atom. The number of aromatic nitrogens is 1. The van der Waals surface area contributed by atoms with Crippen LogP contribution in [0.1, 0.15) is 19.3 Å². The highest BCUT2D eigenvalue weighted by Crippen LogP contribution is 2.29. The van der Waals surface area contributed by atoms with Crippen LogP contribution in [0.15, 0.2) is 42.6 Å². The lowest BCUT2D eigenvalue weighted by Crippen LogP contribution is -2.36. The molecule has 25 heavy (non-hydrogen) atoms. The summed E-state index contributed by atoms with van der Waals surface area (Å²) in [7, 11) is 0. The number of carbonyl (C=O) groups excluding carboxylic acids is 1. The highest BCUT2D eigenvalue weighted by Gasteiger charge is 2.22. The van der Waals surface area contributed by atoms with Crippen LogP contribution in [0.5, 0.6) is 17.4 Å². The Morgan fingerprint density at radius 3 is 2.68 bits per heavy atom. The van der Waals surface area contributed by atoms with Crippen LogP contribution in [0.25, 0.3) is 0 Å². The van der Waals surface area contributed by atoms with E-state index in [-0.39, 0.29) is 17.5 Å². The summed E-state index contributed by atoms with van der Waals surface area (Å²) in [4.78, 5) is 26.2. The highest BCUT2D eigenvalue weighted by molar-refractivity contribution is 5.81. The molecule has 130 valence electrons. The van der Waals surface area contributed by atoms with E-state index in [9.17, 15) is 14.9 Å². The summed E-state index contributed by atoms with van der Waals surface area (Å²) in [6.07, 6.45) is 3.45. The third-order valence-corrected chi connectivity index (χ3v) is 3.75. The molecule has 1 fully saturated rings. The van der Waals surface area contributed by atoms with Gasteiger partial charge in [-0.25, -0.2) is 4.98 Å². The number of ether oxygens (including phenoxy) is 2. The van der Waals surface area contributed by atoms with E-state index in [0.29, 0.717) is 24.5 Å². The molecule has 8 nitrogen and oxygen atoms in total. The van der Waals surface area contributed by atoms with Gasteiger partial charge in [-0.2, -0.15) is 0 Å². The molecule has 1 aliphatic heterocycles. The smallest absolute Gasteiger partial charge is 0.331 e. The summed E-state index contributed by atoms with van der Waals surface area (Å²) in [5.74, 6) is 0.732. The molecule has 2 heterocycles. The molecule has 0 unspecified atom stereocenters. The molecule has 1 amide bonds. The molecule has 1 aromatic carbocycles. The second-order valence-electron chi connectivity index (χ2n) is 5.55. The lowest BCUT2D eigenvalue weighted by atomic mass is 10.2. The molecule has 0 saturated carbocycles. The van der Waals surface area contributed by atoms with Gasteiger partial charge >= 0.3 is 5.69 Å². The third-order valence-electron chi connectivity index (χ3n) is 3.75. The molecule has 0 radical (unpaired) electrons. The van der Waals surface area contributed by atoms with E-state index in [2.05, 4.69) is 10.3 Å². The van der Waals surface area contributed by atoms with E-state index in [1.165, 1.54) is 18.3 Å². The maximum atomic E-state index is 11.9. The summed E-state index contributed by atoms with van der Waals surface area (Å²) >= 11 is 0. The largest absolute Gasteiger partial charge is 0.481 e. The van der Waals surface area contributed by atoms with E-state index in [4.69, 9.17) is 9.47 Å². The minimum Gasteiger partial charge on any atom is -0.481 e. The molecule has 8 heteroatoms. The second-order valence-corrected chi connectivity index (χ2v) is 5.55. The van der Waals surface area contributed by atoms with Gasteiger partial charge in [-0.3, -0.25) is 14.9 Å². The number of amides is 1. The summed E-state index contributed by atoms with van der Waals surface area (Å²) in [5.41, 5.74) is -0.210. The van der Waals surface area contributed by atoms with Crippen molar-refractivity contribution in [1.82, 2.24) is 10.3 Å². The fourth-order valence-corrected chi connectivity index (χ4v) is 2.49. The Kier molecular flexibility index (Phi) is 5.08. The first-order valence-electron chi connectivity index (χ1n) is 7.95. The van der Waals surface area contributed by atoms with Gasteiger partial charge in [0.25, 0.3) is 11.8 Å². The van der Waals surface area contributed by atoms with Gasteiger partial charge in [0.15, 0.2) is 6.10 Å². The third kappa shape index (κ3) is 4.23. The van der Waals surface area contributed by atoms with E-state index in [1.807, 2.05) is 0 Å². The quantitative estimate of drug-likeness (QED) is 0.661. The number of pyridine rings is 1. The van der Waals surface area contributed by atoms with Crippen LogP contribution in [0.2, 0.25) is 0 Å². The van der Waals surface area contributed by atoms with Crippen molar-refractivity contribution in [3.8, 4) is 17.4 Å². The van der Waals surface area contributed by atoms with Crippen molar-refractivity contribution in [2.24, 2.45) is 0 Å². The van der Waals surface area contributed by atoms with Gasteiger partial charge in [0.1, 0.15) is 11.5 Å². The standard InChI is InChI=1S/C17H17N3O5/c21-16-15(5-1-2-10-18-16)24-12-6-8-13(9-7-12)25-17-14(20(22)23)4-3-11-19-17/h3-4,6-9,11,15H,1-2,5,10H2,(H,18,21)/t15-/m1/s1. The van der Waals surface area contributed by atoms with Crippen molar-refractivity contribution in [2.75, 3.05) is 6.54 Å². The van der Waals surface area contributed by atoms with E-state index in [1.54, 1.807) is 24.3 Å². The Hall–Kier alpha value is -3.16. The number of nitrogens with zero attached hydrogens (tertiary/aromatic N) is 2. The van der Waals surface area contributed by atoms with Crippen LogP contribution in [-0.2, 0) is 4.79 Å². The van der Waals surface area contributed by atoms with E-state index >= 15 is 0 Å². The predicted octanol–water partition coefficient (Wildman–Crippen LogP) is 2.83. The number of carbonyl (C=O) groups is 1. The van der Waals surface area contributed by atoms with Crippen LogP contribution in [0.3, 0.4) is 0 Å². The Bertz CT molecular complexity index is 763. The maximum absolute atomic E-state index is 11.9. The second kappa shape index (κ2) is 7.61. The van der Waals surface area contributed by atoms with Crippen molar-refractivity contribution in [3.05, 3.63) is 52.7 Å². The van der Waals surface area contributed by atoms with Crippen molar-refractivity contribution >= 4 is 11.6 Å². The fraction of sp³-hybridized carbons (Fsp3) is 0.294. The lowest BCUT2D eigenvalue weighted by molar-refractivity contribution is -0.386. The molecule has 1 saturated heterocycles. The van der Waals surface area contributed by atoms with Crippen LogP contribution in [0.4, 0.5) is 5.69 Å². The first-order valence-corrected chi connectivity index (χ1v) is 7.95. The van der Waals surface area contributed by atoms with Crippen LogP contribution in [-0.4, -0.2) is 28.5 Å². The molecule has 1 N–H and O–H groups in total. The Morgan fingerprint density at radius 2 is 1.92 bits per heavy atom. The summed E-state index contributed by atoms with van der Waals surface area (Å²) in [6, 6.07) is 9.33. The number of hydrogen-bond acceptors (Lipinski definition) is 6. The molecular formula is C17H17N3O5.